The molecule has 0 heterocycles. The van der Waals surface area contributed by atoms with Gasteiger partial charge in [0.1, 0.15) is 19.0 Å². The summed E-state index contributed by atoms with van der Waals surface area (Å²) >= 11 is 0. The molecule has 0 radical (unpaired) electrons. The fourth-order valence-electron chi connectivity index (χ4n) is 4.17. The van der Waals surface area contributed by atoms with E-state index in [0.717, 1.165) is 0 Å². The molecule has 5 nitrogen and oxygen atoms in total. The fraction of sp³-hybridized carbons (Fsp3) is 0.533. The molecule has 2 aromatic rings. The summed E-state index contributed by atoms with van der Waals surface area (Å²) in [6, 6.07) is 20.9. The molecule has 0 saturated heterocycles. The van der Waals surface area contributed by atoms with Crippen molar-refractivity contribution in [3.63, 3.8) is 0 Å². The third-order valence-corrected chi connectivity index (χ3v) is 16.8. The van der Waals surface area contributed by atoms with Crippen LogP contribution in [0, 0.1) is 0 Å². The minimum absolute atomic E-state index is 0.0777. The molecule has 0 aliphatic rings. The molecule has 0 saturated carbocycles. The Morgan fingerprint density at radius 2 is 1.32 bits per heavy atom. The molecule has 37 heavy (non-hydrogen) atoms. The lowest BCUT2D eigenvalue weighted by molar-refractivity contribution is -0.101. The van der Waals surface area contributed by atoms with Gasteiger partial charge in [-0.1, -0.05) is 114 Å². The van der Waals surface area contributed by atoms with Crippen molar-refractivity contribution in [1.29, 1.82) is 0 Å². The van der Waals surface area contributed by atoms with Gasteiger partial charge in [0.25, 0.3) is 8.32 Å². The van der Waals surface area contributed by atoms with Gasteiger partial charge in [0, 0.05) is 7.11 Å². The van der Waals surface area contributed by atoms with Gasteiger partial charge in [0.2, 0.25) is 0 Å². The van der Waals surface area contributed by atoms with E-state index in [0.29, 0.717) is 6.61 Å². The maximum Gasteiger partial charge on any atom is 0.261 e. The number of hydrogen-bond acceptors (Lipinski definition) is 5. The molecule has 0 aromatic heterocycles. The summed E-state index contributed by atoms with van der Waals surface area (Å²) in [4.78, 5) is 0. The lowest BCUT2D eigenvalue weighted by atomic mass is 10.2. The van der Waals surface area contributed by atoms with Crippen LogP contribution in [0.5, 0.6) is 0 Å². The molecule has 0 spiro atoms. The number of rotatable bonds is 13. The molecule has 0 fully saturated rings. The Labute approximate surface area is 227 Å². The second-order valence-corrected chi connectivity index (χ2v) is 21.2. The smallest absolute Gasteiger partial charge is 0.261 e. The van der Waals surface area contributed by atoms with Crippen molar-refractivity contribution in [3.05, 3.63) is 72.8 Å². The monoisotopic (exact) mass is 544 g/mol. The lowest BCUT2D eigenvalue weighted by Crippen LogP contribution is -2.67. The maximum atomic E-state index is 11.3. The Balaban J connectivity index is 2.29. The zero-order valence-corrected chi connectivity index (χ0v) is 26.3. The Hall–Kier alpha value is -1.59. The predicted octanol–water partition coefficient (Wildman–Crippen LogP) is 5.49. The highest BCUT2D eigenvalue weighted by Gasteiger charge is 2.50. The first-order valence-corrected chi connectivity index (χ1v) is 17.9. The van der Waals surface area contributed by atoms with E-state index >= 15 is 0 Å². The summed E-state index contributed by atoms with van der Waals surface area (Å²) in [5.74, 6) is 0. The molecule has 2 aromatic carbocycles. The first-order valence-electron chi connectivity index (χ1n) is 13.1. The Bertz CT molecular complexity index is 910. The van der Waals surface area contributed by atoms with Crippen molar-refractivity contribution in [2.75, 3.05) is 27.1 Å². The van der Waals surface area contributed by atoms with E-state index in [4.69, 9.17) is 18.3 Å². The molecule has 0 bridgehead atoms. The quantitative estimate of drug-likeness (QED) is 0.205. The van der Waals surface area contributed by atoms with Crippen LogP contribution in [-0.4, -0.2) is 61.1 Å². The maximum absolute atomic E-state index is 11.3. The van der Waals surface area contributed by atoms with Crippen molar-refractivity contribution in [1.82, 2.24) is 0 Å². The topological polar surface area (TPSA) is 57.2 Å². The molecule has 2 atom stereocenters. The second kappa shape index (κ2) is 13.5. The average Bonchev–Trinajstić information content (AvgIpc) is 2.83. The largest absolute Gasteiger partial charge is 0.413 e. The highest BCUT2D eigenvalue weighted by Crippen LogP contribution is 2.37. The molecule has 206 valence electrons. The van der Waals surface area contributed by atoms with Gasteiger partial charge in [-0.2, -0.15) is 0 Å². The van der Waals surface area contributed by atoms with Crippen LogP contribution >= 0.6 is 0 Å². The summed E-state index contributed by atoms with van der Waals surface area (Å²) in [5, 5.41) is 13.6. The van der Waals surface area contributed by atoms with E-state index in [2.05, 4.69) is 103 Å². The molecule has 0 amide bonds. The third-order valence-electron chi connectivity index (χ3n) is 7.32. The SMILES string of the molecule is COCO[C@@H](/C=C/CO[Si](C)(C)C(C)(C)C)[C@H](O)CO[Si](c1ccccc1)(c1ccccc1)C(C)(C)C. The number of benzene rings is 2. The Morgan fingerprint density at radius 3 is 1.76 bits per heavy atom. The molecule has 2 rings (SSSR count). The van der Waals surface area contributed by atoms with Gasteiger partial charge < -0.3 is 23.4 Å². The van der Waals surface area contributed by atoms with Crippen LogP contribution < -0.4 is 10.4 Å². The van der Waals surface area contributed by atoms with Gasteiger partial charge in [0.05, 0.1) is 13.2 Å². The van der Waals surface area contributed by atoms with Gasteiger partial charge in [-0.3, -0.25) is 0 Å². The molecule has 0 aliphatic heterocycles. The normalized spacial score (nSPS) is 15.2. The summed E-state index contributed by atoms with van der Waals surface area (Å²) < 4.78 is 24.2. The van der Waals surface area contributed by atoms with Crippen molar-refractivity contribution in [2.24, 2.45) is 0 Å². The summed E-state index contributed by atoms with van der Waals surface area (Å²) in [6.07, 6.45) is 2.35. The van der Waals surface area contributed by atoms with Gasteiger partial charge in [-0.25, -0.2) is 0 Å². The minimum atomic E-state index is -2.76. The van der Waals surface area contributed by atoms with E-state index in [9.17, 15) is 5.11 Å². The molecule has 1 N–H and O–H groups in total. The summed E-state index contributed by atoms with van der Waals surface area (Å²) in [5.41, 5.74) is 0. The number of ether oxygens (including phenoxy) is 2. The molecule has 0 unspecified atom stereocenters. The Kier molecular flexibility index (Phi) is 11.5. The number of aliphatic hydroxyl groups excluding tert-OH is 1. The zero-order valence-electron chi connectivity index (χ0n) is 24.3. The zero-order chi connectivity index (χ0) is 27.7. The van der Waals surface area contributed by atoms with Crippen LogP contribution in [0.15, 0.2) is 72.8 Å². The highest BCUT2D eigenvalue weighted by molar-refractivity contribution is 6.99. The second-order valence-electron chi connectivity index (χ2n) is 12.1. The van der Waals surface area contributed by atoms with Crippen LogP contribution in [0.25, 0.3) is 0 Å². The predicted molar refractivity (Wildman–Crippen MR) is 159 cm³/mol. The van der Waals surface area contributed by atoms with Crippen molar-refractivity contribution in [3.8, 4) is 0 Å². The van der Waals surface area contributed by atoms with Crippen LogP contribution in [0.1, 0.15) is 41.5 Å². The summed E-state index contributed by atoms with van der Waals surface area (Å²) in [6.45, 7) is 18.5. The number of aliphatic hydroxyl groups is 1. The molecular formula is C30H48O5Si2. The third kappa shape index (κ3) is 8.20. The van der Waals surface area contributed by atoms with Gasteiger partial charge in [-0.15, -0.1) is 0 Å². The van der Waals surface area contributed by atoms with Crippen molar-refractivity contribution in [2.45, 2.75) is 76.9 Å². The standard InChI is InChI=1S/C30H48O5Si2/c1-29(2,3)36(8,9)34-22-16-21-28(33-24-32-7)27(31)23-35-37(30(4,5)6,25-17-12-10-13-18-25)26-19-14-11-15-20-26/h10-21,27-28,31H,22-24H2,1-9H3/b21-16+/t27-,28+/m1/s1. The Morgan fingerprint density at radius 1 is 0.811 bits per heavy atom. The lowest BCUT2D eigenvalue weighted by Gasteiger charge is -2.43. The van der Waals surface area contributed by atoms with Crippen LogP contribution in [0.3, 0.4) is 0 Å². The van der Waals surface area contributed by atoms with Gasteiger partial charge in [0.15, 0.2) is 8.32 Å². The first-order chi connectivity index (χ1) is 17.3. The van der Waals surface area contributed by atoms with E-state index in [-0.39, 0.29) is 23.5 Å². The minimum Gasteiger partial charge on any atom is -0.413 e. The summed E-state index contributed by atoms with van der Waals surface area (Å²) in [7, 11) is -3.05. The van der Waals surface area contributed by atoms with E-state index < -0.39 is 28.8 Å². The van der Waals surface area contributed by atoms with E-state index in [1.54, 1.807) is 7.11 Å². The highest BCUT2D eigenvalue weighted by atomic mass is 28.4. The van der Waals surface area contributed by atoms with Gasteiger partial charge >= 0.3 is 0 Å². The van der Waals surface area contributed by atoms with Crippen LogP contribution in [0.4, 0.5) is 0 Å². The fourth-order valence-corrected chi connectivity index (χ4v) is 9.69. The molecular weight excluding hydrogens is 496 g/mol. The number of methoxy groups -OCH3 is 1. The van der Waals surface area contributed by atoms with Crippen LogP contribution in [-0.2, 0) is 18.3 Å². The van der Waals surface area contributed by atoms with E-state index in [1.165, 1.54) is 10.4 Å². The molecule has 0 aliphatic carbocycles. The molecule has 7 heteroatoms. The van der Waals surface area contributed by atoms with Crippen molar-refractivity contribution >= 4 is 27.0 Å². The van der Waals surface area contributed by atoms with Crippen LogP contribution in [0.2, 0.25) is 23.2 Å². The first kappa shape index (κ1) is 31.6. The number of hydrogen-bond donors (Lipinski definition) is 1. The van der Waals surface area contributed by atoms with Gasteiger partial charge in [-0.05, 0) is 33.5 Å². The van der Waals surface area contributed by atoms with E-state index in [1.807, 2.05) is 24.3 Å². The average molecular weight is 545 g/mol. The van der Waals surface area contributed by atoms with Crippen molar-refractivity contribution < 1.29 is 23.4 Å².